The van der Waals surface area contributed by atoms with Crippen molar-refractivity contribution < 1.29 is 17.6 Å². The minimum atomic E-state index is -3.20. The fourth-order valence-corrected chi connectivity index (χ4v) is 6.18. The normalized spacial score (nSPS) is 11.7. The van der Waals surface area contributed by atoms with Crippen LogP contribution in [0.5, 0.6) is 0 Å². The average molecular weight is 646 g/mol. The van der Waals surface area contributed by atoms with Gasteiger partial charge in [0.15, 0.2) is 0 Å². The molecule has 2 aromatic carbocycles. The van der Waals surface area contributed by atoms with Crippen LogP contribution in [0.25, 0.3) is 55.6 Å². The lowest BCUT2D eigenvalue weighted by Gasteiger charge is -2.07. The van der Waals surface area contributed by atoms with E-state index in [1.54, 1.807) is 37.1 Å². The maximum Gasteiger partial charge on any atom is 0.228 e. The predicted octanol–water partition coefficient (Wildman–Crippen LogP) is 6.14. The van der Waals surface area contributed by atoms with E-state index in [2.05, 4.69) is 35.5 Å². The van der Waals surface area contributed by atoms with Crippen LogP contribution >= 0.6 is 0 Å². The van der Waals surface area contributed by atoms with Crippen LogP contribution in [-0.4, -0.2) is 56.5 Å². The molecule has 0 unspecified atom stereocenters. The van der Waals surface area contributed by atoms with Crippen molar-refractivity contribution in [1.82, 2.24) is 30.1 Å². The first kappa shape index (κ1) is 29.9. The molecule has 0 bridgehead atoms. The highest BCUT2D eigenvalue weighted by Crippen LogP contribution is 2.35. The van der Waals surface area contributed by atoms with Gasteiger partial charge >= 0.3 is 0 Å². The number of amides is 1. The van der Waals surface area contributed by atoms with Crippen LogP contribution < -0.4 is 5.32 Å². The number of hydrogen-bond acceptors (Lipinski definition) is 7. The predicted molar refractivity (Wildman–Crippen MR) is 180 cm³/mol. The summed E-state index contributed by atoms with van der Waals surface area (Å²) >= 11 is 0. The maximum atomic E-state index is 14.7. The molecule has 0 aliphatic carbocycles. The molecule has 0 saturated carbocycles. The Morgan fingerprint density at radius 1 is 0.851 bits per heavy atom. The molecule has 5 aromatic heterocycles. The van der Waals surface area contributed by atoms with E-state index < -0.39 is 15.7 Å². The Balaban J connectivity index is 1.20. The number of aryl methyl sites for hydroxylation is 1. The molecule has 10 nitrogen and oxygen atoms in total. The first-order valence-electron chi connectivity index (χ1n) is 14.8. The van der Waals surface area contributed by atoms with Crippen molar-refractivity contribution in [2.24, 2.45) is 0 Å². The van der Waals surface area contributed by atoms with Crippen molar-refractivity contribution in [3.8, 4) is 33.8 Å². The number of sulfone groups is 1. The van der Waals surface area contributed by atoms with Crippen LogP contribution in [-0.2, 0) is 27.5 Å². The van der Waals surface area contributed by atoms with Gasteiger partial charge in [-0.25, -0.2) is 12.8 Å². The summed E-state index contributed by atoms with van der Waals surface area (Å²) < 4.78 is 38.1. The molecule has 3 N–H and O–H groups in total. The van der Waals surface area contributed by atoms with E-state index in [0.29, 0.717) is 39.5 Å². The molecule has 234 valence electrons. The third-order valence-electron chi connectivity index (χ3n) is 7.80. The molecule has 0 atom stereocenters. The standard InChI is InChI=1S/C35H28FN7O3S/c1-47(45,46)8-7-22-9-23(12-25(36)10-22)29-18-38-19-32-27(29)14-31(41-32)35-28-15-30(39-20-33(28)42-43-35)24-13-26(17-37-16-24)40-34(44)11-21-5-3-2-4-6-21/h2-6,9-10,12-20,41H,7-8,11H2,1H3,(H,40,44)(H,42,43). The monoisotopic (exact) mass is 645 g/mol. The average Bonchev–Trinajstić information content (AvgIpc) is 3.68. The molecule has 1 amide bonds. The summed E-state index contributed by atoms with van der Waals surface area (Å²) in [5, 5.41) is 12.1. The Bertz CT molecular complexity index is 2390. The van der Waals surface area contributed by atoms with Crippen LogP contribution in [0.1, 0.15) is 11.1 Å². The number of carbonyl (C=O) groups excluding carboxylic acids is 1. The van der Waals surface area contributed by atoms with Crippen molar-refractivity contribution in [2.75, 3.05) is 17.3 Å². The summed E-state index contributed by atoms with van der Waals surface area (Å²) in [5.74, 6) is -0.669. The number of anilines is 1. The number of carbonyl (C=O) groups is 1. The number of nitrogens with one attached hydrogen (secondary N) is 3. The van der Waals surface area contributed by atoms with E-state index in [1.807, 2.05) is 48.5 Å². The second-order valence-corrected chi connectivity index (χ2v) is 13.7. The molecule has 0 aliphatic rings. The highest BCUT2D eigenvalue weighted by atomic mass is 32.2. The zero-order valence-electron chi connectivity index (χ0n) is 25.2. The molecular weight excluding hydrogens is 617 g/mol. The van der Waals surface area contributed by atoms with Gasteiger partial charge in [0.1, 0.15) is 21.3 Å². The van der Waals surface area contributed by atoms with Gasteiger partial charge in [0.25, 0.3) is 0 Å². The number of pyridine rings is 3. The number of H-pyrrole nitrogens is 2. The number of benzene rings is 2. The maximum absolute atomic E-state index is 14.7. The van der Waals surface area contributed by atoms with Crippen LogP contribution in [0.4, 0.5) is 10.1 Å². The van der Waals surface area contributed by atoms with Crippen LogP contribution in [0.3, 0.4) is 0 Å². The van der Waals surface area contributed by atoms with E-state index in [1.165, 1.54) is 18.4 Å². The van der Waals surface area contributed by atoms with E-state index >= 15 is 0 Å². The quantitative estimate of drug-likeness (QED) is 0.171. The van der Waals surface area contributed by atoms with E-state index in [4.69, 9.17) is 0 Å². The van der Waals surface area contributed by atoms with Crippen LogP contribution in [0.2, 0.25) is 0 Å². The van der Waals surface area contributed by atoms with Crippen molar-refractivity contribution in [3.63, 3.8) is 0 Å². The van der Waals surface area contributed by atoms with Crippen molar-refractivity contribution in [1.29, 1.82) is 0 Å². The fraction of sp³-hybridized carbons (Fsp3) is 0.114. The molecule has 0 fully saturated rings. The minimum Gasteiger partial charge on any atom is -0.352 e. The highest BCUT2D eigenvalue weighted by Gasteiger charge is 2.17. The van der Waals surface area contributed by atoms with Gasteiger partial charge in [0.2, 0.25) is 5.91 Å². The Hall–Kier alpha value is -5.75. The van der Waals surface area contributed by atoms with Gasteiger partial charge in [0.05, 0.1) is 58.9 Å². The summed E-state index contributed by atoms with van der Waals surface area (Å²) in [7, 11) is -3.20. The van der Waals surface area contributed by atoms with Crippen LogP contribution in [0.15, 0.2) is 97.7 Å². The summed E-state index contributed by atoms with van der Waals surface area (Å²) in [6.07, 6.45) is 9.96. The molecule has 7 rings (SSSR count). The molecule has 0 spiro atoms. The Labute approximate surface area is 269 Å². The summed E-state index contributed by atoms with van der Waals surface area (Å²) in [6, 6.07) is 19.8. The first-order valence-corrected chi connectivity index (χ1v) is 16.8. The third kappa shape index (κ3) is 6.63. The molecular formula is C35H28FN7O3S. The number of fused-ring (bicyclic) bond motifs is 2. The SMILES string of the molecule is CS(=O)(=O)CCc1cc(F)cc(-c2cncc3[nH]c(-c4n[nH]c5cnc(-c6cncc(NC(=O)Cc7ccccc7)c6)cc45)cc23)c1. The van der Waals surface area contributed by atoms with Gasteiger partial charge in [0, 0.05) is 40.5 Å². The number of aromatic amines is 2. The van der Waals surface area contributed by atoms with E-state index in [0.717, 1.165) is 32.9 Å². The minimum absolute atomic E-state index is 0.0705. The Morgan fingerprint density at radius 3 is 2.51 bits per heavy atom. The topological polar surface area (TPSA) is 146 Å². The Kier molecular flexibility index (Phi) is 7.78. The second kappa shape index (κ2) is 12.2. The molecule has 5 heterocycles. The molecule has 47 heavy (non-hydrogen) atoms. The zero-order valence-corrected chi connectivity index (χ0v) is 26.0. The van der Waals surface area contributed by atoms with Gasteiger partial charge in [-0.2, -0.15) is 5.10 Å². The zero-order chi connectivity index (χ0) is 32.5. The lowest BCUT2D eigenvalue weighted by molar-refractivity contribution is -0.115. The number of rotatable bonds is 9. The molecule has 0 aliphatic heterocycles. The number of nitrogens with zero attached hydrogens (tertiary/aromatic N) is 4. The lowest BCUT2D eigenvalue weighted by atomic mass is 10.0. The summed E-state index contributed by atoms with van der Waals surface area (Å²) in [6.45, 7) is 0. The first-order chi connectivity index (χ1) is 22.7. The lowest BCUT2D eigenvalue weighted by Crippen LogP contribution is -2.14. The third-order valence-corrected chi connectivity index (χ3v) is 8.75. The number of aromatic nitrogens is 6. The van der Waals surface area contributed by atoms with Gasteiger partial charge in [-0.15, -0.1) is 0 Å². The molecule has 0 saturated heterocycles. The number of halogens is 1. The number of hydrogen-bond donors (Lipinski definition) is 3. The van der Waals surface area contributed by atoms with Crippen molar-refractivity contribution >= 4 is 43.2 Å². The fourth-order valence-electron chi connectivity index (χ4n) is 5.58. The molecule has 12 heteroatoms. The van der Waals surface area contributed by atoms with Gasteiger partial charge in [-0.1, -0.05) is 36.4 Å². The van der Waals surface area contributed by atoms with Gasteiger partial charge in [-0.3, -0.25) is 24.8 Å². The molecule has 7 aromatic rings. The van der Waals surface area contributed by atoms with Crippen LogP contribution in [0, 0.1) is 5.82 Å². The van der Waals surface area contributed by atoms with Crippen molar-refractivity contribution in [2.45, 2.75) is 12.8 Å². The van der Waals surface area contributed by atoms with E-state index in [9.17, 15) is 17.6 Å². The Morgan fingerprint density at radius 2 is 1.68 bits per heavy atom. The van der Waals surface area contributed by atoms with Gasteiger partial charge in [-0.05, 0) is 53.4 Å². The highest BCUT2D eigenvalue weighted by molar-refractivity contribution is 7.90. The second-order valence-electron chi connectivity index (χ2n) is 11.4. The molecule has 0 radical (unpaired) electrons. The summed E-state index contributed by atoms with van der Waals surface area (Å²) in [4.78, 5) is 29.3. The van der Waals surface area contributed by atoms with Crippen molar-refractivity contribution in [3.05, 3.63) is 115 Å². The van der Waals surface area contributed by atoms with E-state index in [-0.39, 0.29) is 24.5 Å². The largest absolute Gasteiger partial charge is 0.352 e. The summed E-state index contributed by atoms with van der Waals surface area (Å²) in [5.41, 5.74) is 7.54. The van der Waals surface area contributed by atoms with Gasteiger partial charge < -0.3 is 10.3 Å². The smallest absolute Gasteiger partial charge is 0.228 e.